The van der Waals surface area contributed by atoms with Crippen LogP contribution in [0.2, 0.25) is 0 Å². The summed E-state index contributed by atoms with van der Waals surface area (Å²) in [6.45, 7) is 0. The number of nitrogens with one attached hydrogen (secondary N) is 1. The molecule has 31 heavy (non-hydrogen) atoms. The number of nitrogens with zero attached hydrogens (tertiary/aromatic N) is 3. The molecule has 4 aromatic rings. The molecule has 0 saturated heterocycles. The minimum atomic E-state index is -3.76. The number of rotatable bonds is 7. The fourth-order valence-corrected chi connectivity index (χ4v) is 5.86. The molecule has 1 N–H and O–H groups in total. The number of carbonyl (C=O) groups is 1. The number of carbonyl (C=O) groups excluding carboxylic acids is 1. The Morgan fingerprint density at radius 3 is 2.71 bits per heavy atom. The fraction of sp³-hybridized carbons (Fsp3) is 0.0952. The quantitative estimate of drug-likeness (QED) is 0.321. The lowest BCUT2D eigenvalue weighted by Crippen LogP contribution is -2.26. The van der Waals surface area contributed by atoms with Gasteiger partial charge in [0.15, 0.2) is 0 Å². The van der Waals surface area contributed by atoms with E-state index < -0.39 is 10.0 Å². The first kappa shape index (κ1) is 21.3. The molecule has 0 radical (unpaired) electrons. The molecular formula is C21H18N4O3S3. The average Bonchev–Trinajstić information content (AvgIpc) is 3.27. The third-order valence-electron chi connectivity index (χ3n) is 4.45. The maximum absolute atomic E-state index is 13.0. The van der Waals surface area contributed by atoms with Gasteiger partial charge < -0.3 is 5.32 Å². The summed E-state index contributed by atoms with van der Waals surface area (Å²) in [5, 5.41) is 5.44. The molecule has 0 aliphatic rings. The van der Waals surface area contributed by atoms with Gasteiger partial charge in [0.2, 0.25) is 5.91 Å². The fourth-order valence-electron chi connectivity index (χ4n) is 2.87. The van der Waals surface area contributed by atoms with Gasteiger partial charge in [-0.3, -0.25) is 9.10 Å². The zero-order chi connectivity index (χ0) is 21.8. The lowest BCUT2D eigenvalue weighted by atomic mass is 10.3. The summed E-state index contributed by atoms with van der Waals surface area (Å²) >= 11 is 2.84. The number of fused-ring (bicyclic) bond motifs is 1. The molecule has 0 aliphatic carbocycles. The Bertz CT molecular complexity index is 1320. The molecule has 0 fully saturated rings. The van der Waals surface area contributed by atoms with Gasteiger partial charge in [-0.05, 0) is 41.8 Å². The van der Waals surface area contributed by atoms with E-state index in [9.17, 15) is 13.2 Å². The third kappa shape index (κ3) is 4.71. The summed E-state index contributed by atoms with van der Waals surface area (Å²) in [5.74, 6) is -0.107. The third-order valence-corrected chi connectivity index (χ3v) is 8.26. The summed E-state index contributed by atoms with van der Waals surface area (Å²) in [6, 6.07) is 16.9. The lowest BCUT2D eigenvalue weighted by molar-refractivity contribution is -0.113. The number of para-hydroxylation sites is 1. The number of amides is 1. The van der Waals surface area contributed by atoms with Gasteiger partial charge >= 0.3 is 0 Å². The molecule has 0 atom stereocenters. The van der Waals surface area contributed by atoms with E-state index in [-0.39, 0.29) is 16.6 Å². The minimum Gasteiger partial charge on any atom is -0.325 e. The van der Waals surface area contributed by atoms with Gasteiger partial charge in [0.1, 0.15) is 11.4 Å². The van der Waals surface area contributed by atoms with E-state index in [1.807, 2.05) is 17.5 Å². The summed E-state index contributed by atoms with van der Waals surface area (Å²) in [7, 11) is -2.26. The van der Waals surface area contributed by atoms with Crippen LogP contribution < -0.4 is 9.62 Å². The highest BCUT2D eigenvalue weighted by Gasteiger charge is 2.21. The summed E-state index contributed by atoms with van der Waals surface area (Å²) in [5.41, 5.74) is 1.82. The molecule has 2 aromatic heterocycles. The van der Waals surface area contributed by atoms with Crippen molar-refractivity contribution in [1.29, 1.82) is 0 Å². The molecule has 2 aromatic carbocycles. The molecule has 158 valence electrons. The molecule has 0 spiro atoms. The molecule has 0 bridgehead atoms. The first-order valence-corrected chi connectivity index (χ1v) is 12.5. The van der Waals surface area contributed by atoms with Crippen LogP contribution in [0.1, 0.15) is 0 Å². The summed E-state index contributed by atoms with van der Waals surface area (Å²) in [6.07, 6.45) is 1.48. The number of hydrogen-bond acceptors (Lipinski definition) is 7. The van der Waals surface area contributed by atoms with E-state index >= 15 is 0 Å². The van der Waals surface area contributed by atoms with Gasteiger partial charge in [-0.15, -0.1) is 11.3 Å². The second kappa shape index (κ2) is 9.04. The first-order chi connectivity index (χ1) is 14.9. The second-order valence-corrected chi connectivity index (χ2v) is 10.3. The first-order valence-electron chi connectivity index (χ1n) is 9.20. The van der Waals surface area contributed by atoms with Gasteiger partial charge in [-0.25, -0.2) is 18.4 Å². The van der Waals surface area contributed by atoms with Crippen LogP contribution in [0.25, 0.3) is 10.2 Å². The number of sulfonamides is 1. The lowest BCUT2D eigenvalue weighted by Gasteiger charge is -2.19. The van der Waals surface area contributed by atoms with E-state index in [1.165, 1.54) is 52.9 Å². The number of hydrogen-bond donors (Lipinski definition) is 1. The van der Waals surface area contributed by atoms with Gasteiger partial charge in [0.25, 0.3) is 10.0 Å². The highest BCUT2D eigenvalue weighted by Crippen LogP contribution is 2.29. The topological polar surface area (TPSA) is 92.3 Å². The molecule has 7 nitrogen and oxygen atoms in total. The highest BCUT2D eigenvalue weighted by atomic mass is 32.2. The van der Waals surface area contributed by atoms with Crippen molar-refractivity contribution in [3.8, 4) is 0 Å². The maximum atomic E-state index is 13.0. The number of aromatic nitrogens is 2. The second-order valence-electron chi connectivity index (χ2n) is 6.49. The van der Waals surface area contributed by atoms with Crippen molar-refractivity contribution in [2.45, 2.75) is 9.92 Å². The molecule has 0 saturated carbocycles. The molecule has 0 aliphatic heterocycles. The molecule has 10 heteroatoms. The number of anilines is 2. The van der Waals surface area contributed by atoms with Gasteiger partial charge in [-0.2, -0.15) is 0 Å². The van der Waals surface area contributed by atoms with E-state index in [2.05, 4.69) is 15.3 Å². The highest BCUT2D eigenvalue weighted by molar-refractivity contribution is 8.00. The van der Waals surface area contributed by atoms with Gasteiger partial charge in [0, 0.05) is 12.7 Å². The van der Waals surface area contributed by atoms with Crippen LogP contribution >= 0.6 is 23.1 Å². The van der Waals surface area contributed by atoms with Crippen LogP contribution in [0.3, 0.4) is 0 Å². The Labute approximate surface area is 188 Å². The molecule has 2 heterocycles. The SMILES string of the molecule is CN(c1ccccc1)S(=O)(=O)c1cccc(NC(=O)CSc2ncnc3ccsc23)c1. The predicted molar refractivity (Wildman–Crippen MR) is 125 cm³/mol. The van der Waals surface area contributed by atoms with Crippen LogP contribution in [0.15, 0.2) is 82.3 Å². The summed E-state index contributed by atoms with van der Waals surface area (Å²) < 4.78 is 28.1. The van der Waals surface area contributed by atoms with E-state index in [0.29, 0.717) is 11.4 Å². The Hall–Kier alpha value is -2.95. The van der Waals surface area contributed by atoms with Crippen molar-refractivity contribution >= 4 is 60.6 Å². The molecule has 1 amide bonds. The molecular weight excluding hydrogens is 452 g/mol. The smallest absolute Gasteiger partial charge is 0.264 e. The van der Waals surface area contributed by atoms with E-state index in [4.69, 9.17) is 0 Å². The zero-order valence-corrected chi connectivity index (χ0v) is 18.9. The van der Waals surface area contributed by atoms with Crippen molar-refractivity contribution in [3.05, 3.63) is 72.4 Å². The van der Waals surface area contributed by atoms with Crippen molar-refractivity contribution < 1.29 is 13.2 Å². The Balaban J connectivity index is 1.45. The van der Waals surface area contributed by atoms with Crippen molar-refractivity contribution in [2.75, 3.05) is 22.4 Å². The average molecular weight is 471 g/mol. The molecule has 4 rings (SSSR count). The molecule has 0 unspecified atom stereocenters. The van der Waals surface area contributed by atoms with Gasteiger partial charge in [0.05, 0.1) is 26.6 Å². The van der Waals surface area contributed by atoms with Crippen LogP contribution in [-0.4, -0.2) is 37.1 Å². The van der Waals surface area contributed by atoms with Crippen LogP contribution in [-0.2, 0) is 14.8 Å². The van der Waals surface area contributed by atoms with E-state index in [1.54, 1.807) is 36.4 Å². The monoisotopic (exact) mass is 470 g/mol. The summed E-state index contributed by atoms with van der Waals surface area (Å²) in [4.78, 5) is 21.0. The standard InChI is InChI=1S/C21H18N4O3S3/c1-25(16-7-3-2-4-8-16)31(27,28)17-9-5-6-15(12-17)24-19(26)13-30-21-20-18(10-11-29-20)22-14-23-21/h2-12,14H,13H2,1H3,(H,24,26). The van der Waals surface area contributed by atoms with Crippen LogP contribution in [0.4, 0.5) is 11.4 Å². The maximum Gasteiger partial charge on any atom is 0.264 e. The Morgan fingerprint density at radius 2 is 1.90 bits per heavy atom. The van der Waals surface area contributed by atoms with Crippen molar-refractivity contribution in [2.24, 2.45) is 0 Å². The zero-order valence-electron chi connectivity index (χ0n) is 16.4. The largest absolute Gasteiger partial charge is 0.325 e. The number of thiophene rings is 1. The van der Waals surface area contributed by atoms with Crippen LogP contribution in [0.5, 0.6) is 0 Å². The Morgan fingerprint density at radius 1 is 1.10 bits per heavy atom. The Kier molecular flexibility index (Phi) is 6.21. The van der Waals surface area contributed by atoms with Gasteiger partial charge in [-0.1, -0.05) is 36.0 Å². The van der Waals surface area contributed by atoms with E-state index in [0.717, 1.165) is 15.2 Å². The number of thioether (sulfide) groups is 1. The minimum absolute atomic E-state index is 0.0976. The number of benzene rings is 2. The van der Waals surface area contributed by atoms with Crippen molar-refractivity contribution in [3.63, 3.8) is 0 Å². The van der Waals surface area contributed by atoms with Crippen LogP contribution in [0, 0.1) is 0 Å². The normalized spacial score (nSPS) is 11.4. The van der Waals surface area contributed by atoms with Crippen molar-refractivity contribution in [1.82, 2.24) is 9.97 Å². The predicted octanol–water partition coefficient (Wildman–Crippen LogP) is 4.25.